The number of nitrogens with one attached hydrogen (secondary N) is 2. The molecule has 5 amide bonds. The maximum atomic E-state index is 13.5. The second-order valence-electron chi connectivity index (χ2n) is 8.58. The van der Waals surface area contributed by atoms with E-state index in [-0.39, 0.29) is 5.91 Å². The summed E-state index contributed by atoms with van der Waals surface area (Å²) in [5.74, 6) is -1.43. The highest BCUT2D eigenvalue weighted by Crippen LogP contribution is 2.34. The third-order valence-electron chi connectivity index (χ3n) is 6.26. The fourth-order valence-corrected chi connectivity index (χ4v) is 4.45. The Bertz CT molecular complexity index is 1100. The standard InChI is InChI=1S/C25H27FN4O4/c1-2-3-14-25(17-6-8-18(26)9-7-17)23(33)30(24(34)28-25)16-21(31)27-19-10-12-20(13-11-19)29-15-4-5-22(29)32/h6-13H,2-5,14-16H2,1H3,(H,27,31)(H,28,34). The molecule has 2 aliphatic heterocycles. The minimum absolute atomic E-state index is 0.0723. The molecule has 0 aliphatic carbocycles. The third kappa shape index (κ3) is 4.50. The lowest BCUT2D eigenvalue weighted by Crippen LogP contribution is -2.44. The summed E-state index contributed by atoms with van der Waals surface area (Å²) in [6, 6.07) is 11.6. The van der Waals surface area contributed by atoms with E-state index in [1.54, 1.807) is 29.2 Å². The van der Waals surface area contributed by atoms with Crippen molar-refractivity contribution in [1.82, 2.24) is 10.2 Å². The summed E-state index contributed by atoms with van der Waals surface area (Å²) in [5, 5.41) is 5.44. The molecule has 2 aromatic carbocycles. The van der Waals surface area contributed by atoms with Gasteiger partial charge in [0.1, 0.15) is 17.9 Å². The summed E-state index contributed by atoms with van der Waals surface area (Å²) >= 11 is 0. The number of rotatable bonds is 8. The first-order valence-corrected chi connectivity index (χ1v) is 11.4. The summed E-state index contributed by atoms with van der Waals surface area (Å²) in [5.41, 5.74) is 0.402. The lowest BCUT2D eigenvalue weighted by atomic mass is 9.85. The lowest BCUT2D eigenvalue weighted by Gasteiger charge is -2.27. The summed E-state index contributed by atoms with van der Waals surface area (Å²) in [7, 11) is 0. The summed E-state index contributed by atoms with van der Waals surface area (Å²) < 4.78 is 13.5. The predicted octanol–water partition coefficient (Wildman–Crippen LogP) is 3.53. The smallest absolute Gasteiger partial charge is 0.325 e. The van der Waals surface area contributed by atoms with Crippen molar-refractivity contribution in [3.05, 3.63) is 59.9 Å². The average Bonchev–Trinajstić information content (AvgIpc) is 3.35. The molecule has 9 heteroatoms. The van der Waals surface area contributed by atoms with Gasteiger partial charge in [0, 0.05) is 24.3 Å². The quantitative estimate of drug-likeness (QED) is 0.582. The van der Waals surface area contributed by atoms with Crippen LogP contribution >= 0.6 is 0 Å². The molecule has 1 unspecified atom stereocenters. The van der Waals surface area contributed by atoms with E-state index in [9.17, 15) is 23.6 Å². The van der Waals surface area contributed by atoms with Gasteiger partial charge in [-0.2, -0.15) is 0 Å². The molecule has 0 aromatic heterocycles. The SMILES string of the molecule is CCCCC1(c2ccc(F)cc2)NC(=O)N(CC(=O)Nc2ccc(N3CCCC3=O)cc2)C1=O. The van der Waals surface area contributed by atoms with Crippen LogP contribution in [-0.2, 0) is 19.9 Å². The molecule has 4 rings (SSSR count). The maximum absolute atomic E-state index is 13.5. The number of hydrogen-bond acceptors (Lipinski definition) is 4. The van der Waals surface area contributed by atoms with E-state index in [1.807, 2.05) is 6.92 Å². The van der Waals surface area contributed by atoms with Gasteiger partial charge in [-0.1, -0.05) is 31.9 Å². The first-order valence-electron chi connectivity index (χ1n) is 11.4. The highest BCUT2D eigenvalue weighted by molar-refractivity contribution is 6.10. The van der Waals surface area contributed by atoms with Crippen LogP contribution in [0.2, 0.25) is 0 Å². The molecule has 0 radical (unpaired) electrons. The zero-order chi connectivity index (χ0) is 24.3. The molecule has 2 N–H and O–H groups in total. The molecule has 1 atom stereocenters. The number of unbranched alkanes of at least 4 members (excludes halogenated alkanes) is 1. The Kier molecular flexibility index (Phi) is 6.63. The molecule has 2 saturated heterocycles. The van der Waals surface area contributed by atoms with Crippen LogP contribution in [-0.4, -0.2) is 41.7 Å². The normalized spacial score (nSPS) is 20.1. The van der Waals surface area contributed by atoms with E-state index in [0.717, 1.165) is 23.4 Å². The fraction of sp³-hybridized carbons (Fsp3) is 0.360. The van der Waals surface area contributed by atoms with Gasteiger partial charge in [-0.05, 0) is 54.8 Å². The van der Waals surface area contributed by atoms with Crippen molar-refractivity contribution in [1.29, 1.82) is 0 Å². The number of carbonyl (C=O) groups is 4. The van der Waals surface area contributed by atoms with Gasteiger partial charge in [-0.25, -0.2) is 9.18 Å². The van der Waals surface area contributed by atoms with Gasteiger partial charge in [0.05, 0.1) is 0 Å². The number of urea groups is 1. The molecular weight excluding hydrogens is 439 g/mol. The zero-order valence-electron chi connectivity index (χ0n) is 19.0. The zero-order valence-corrected chi connectivity index (χ0v) is 19.0. The molecule has 178 valence electrons. The number of anilines is 2. The van der Waals surface area contributed by atoms with E-state index in [0.29, 0.717) is 37.1 Å². The minimum atomic E-state index is -1.33. The van der Waals surface area contributed by atoms with Crippen molar-refractivity contribution in [2.24, 2.45) is 0 Å². The Labute approximate surface area is 197 Å². The fourth-order valence-electron chi connectivity index (χ4n) is 4.45. The lowest BCUT2D eigenvalue weighted by molar-refractivity contribution is -0.134. The van der Waals surface area contributed by atoms with E-state index < -0.39 is 35.7 Å². The minimum Gasteiger partial charge on any atom is -0.325 e. The van der Waals surface area contributed by atoms with Crippen molar-refractivity contribution in [2.45, 2.75) is 44.6 Å². The van der Waals surface area contributed by atoms with Crippen LogP contribution in [0.3, 0.4) is 0 Å². The predicted molar refractivity (Wildman–Crippen MR) is 125 cm³/mol. The number of hydrogen-bond donors (Lipinski definition) is 2. The molecule has 2 aromatic rings. The van der Waals surface area contributed by atoms with Gasteiger partial charge in [-0.15, -0.1) is 0 Å². The van der Waals surface area contributed by atoms with Crippen molar-refractivity contribution in [2.75, 3.05) is 23.3 Å². The Morgan fingerprint density at radius 3 is 2.41 bits per heavy atom. The van der Waals surface area contributed by atoms with E-state index >= 15 is 0 Å². The van der Waals surface area contributed by atoms with Crippen molar-refractivity contribution in [3.8, 4) is 0 Å². The average molecular weight is 467 g/mol. The Hall–Kier alpha value is -3.75. The third-order valence-corrected chi connectivity index (χ3v) is 6.26. The first kappa shape index (κ1) is 23.4. The number of nitrogens with zero attached hydrogens (tertiary/aromatic N) is 2. The van der Waals surface area contributed by atoms with Crippen LogP contribution in [0, 0.1) is 5.82 Å². The molecular formula is C25H27FN4O4. The summed E-state index contributed by atoms with van der Waals surface area (Å²) in [4.78, 5) is 53.2. The van der Waals surface area contributed by atoms with Crippen LogP contribution < -0.4 is 15.5 Å². The molecule has 0 spiro atoms. The first-order chi connectivity index (χ1) is 16.3. The Balaban J connectivity index is 1.46. The van der Waals surface area contributed by atoms with Gasteiger partial charge in [0.15, 0.2) is 0 Å². The van der Waals surface area contributed by atoms with Crippen molar-refractivity contribution < 1.29 is 23.6 Å². The maximum Gasteiger partial charge on any atom is 0.325 e. The Morgan fingerprint density at radius 2 is 1.79 bits per heavy atom. The van der Waals surface area contributed by atoms with Crippen LogP contribution in [0.15, 0.2) is 48.5 Å². The van der Waals surface area contributed by atoms with E-state index in [1.165, 1.54) is 24.3 Å². The molecule has 2 heterocycles. The molecule has 8 nitrogen and oxygen atoms in total. The number of benzene rings is 2. The second kappa shape index (κ2) is 9.62. The molecule has 0 bridgehead atoms. The van der Waals surface area contributed by atoms with Crippen LogP contribution in [0.4, 0.5) is 20.6 Å². The molecule has 2 aliphatic rings. The van der Waals surface area contributed by atoms with Crippen LogP contribution in [0.25, 0.3) is 0 Å². The topological polar surface area (TPSA) is 98.8 Å². The number of carbonyl (C=O) groups excluding carboxylic acids is 4. The van der Waals surface area contributed by atoms with Gasteiger partial charge in [-0.3, -0.25) is 19.3 Å². The van der Waals surface area contributed by atoms with Crippen molar-refractivity contribution >= 4 is 35.1 Å². The van der Waals surface area contributed by atoms with E-state index in [4.69, 9.17) is 0 Å². The highest BCUT2D eigenvalue weighted by atomic mass is 19.1. The monoisotopic (exact) mass is 466 g/mol. The molecule has 0 saturated carbocycles. The highest BCUT2D eigenvalue weighted by Gasteiger charge is 2.52. The Morgan fingerprint density at radius 1 is 1.09 bits per heavy atom. The van der Waals surface area contributed by atoms with Gasteiger partial charge >= 0.3 is 6.03 Å². The summed E-state index contributed by atoms with van der Waals surface area (Å²) in [6.07, 6.45) is 3.15. The van der Waals surface area contributed by atoms with Crippen LogP contribution in [0.1, 0.15) is 44.6 Å². The molecule has 2 fully saturated rings. The number of halogens is 1. The number of imide groups is 1. The van der Waals surface area contributed by atoms with Gasteiger partial charge < -0.3 is 15.5 Å². The molecule has 34 heavy (non-hydrogen) atoms. The van der Waals surface area contributed by atoms with E-state index in [2.05, 4.69) is 10.6 Å². The second-order valence-corrected chi connectivity index (χ2v) is 8.58. The summed E-state index contributed by atoms with van der Waals surface area (Å²) in [6.45, 7) is 2.19. The van der Waals surface area contributed by atoms with Gasteiger partial charge in [0.25, 0.3) is 5.91 Å². The van der Waals surface area contributed by atoms with Gasteiger partial charge in [0.2, 0.25) is 11.8 Å². The largest absolute Gasteiger partial charge is 0.325 e. The van der Waals surface area contributed by atoms with Crippen LogP contribution in [0.5, 0.6) is 0 Å². The van der Waals surface area contributed by atoms with Crippen molar-refractivity contribution in [3.63, 3.8) is 0 Å². The number of amides is 5.